The second kappa shape index (κ2) is 9.12. The molecule has 0 spiro atoms. The number of aliphatic imine (C=N–C) groups is 4. The Morgan fingerprint density at radius 1 is 0.720 bits per heavy atom. The molecule has 0 amide bonds. The van der Waals surface area contributed by atoms with Crippen molar-refractivity contribution in [2.75, 3.05) is 0 Å². The topological polar surface area (TPSA) is 118 Å². The van der Waals surface area contributed by atoms with Crippen molar-refractivity contribution < 1.29 is 19.2 Å². The average Bonchev–Trinajstić information content (AvgIpc) is 2.62. The van der Waals surface area contributed by atoms with Crippen molar-refractivity contribution in [3.05, 3.63) is 0 Å². The van der Waals surface area contributed by atoms with Gasteiger partial charge in [0.05, 0.1) is 12.1 Å². The monoisotopic (exact) mass is 344 g/mol. The molecule has 0 heterocycles. The molecule has 2 aliphatic carbocycles. The third-order valence-electron chi connectivity index (χ3n) is 5.48. The molecule has 0 aliphatic heterocycles. The first-order valence-corrected chi connectivity index (χ1v) is 8.50. The zero-order valence-electron chi connectivity index (χ0n) is 13.9. The minimum absolute atomic E-state index is 0.0115. The summed E-state index contributed by atoms with van der Waals surface area (Å²) in [7, 11) is 0. The van der Waals surface area contributed by atoms with Crippen molar-refractivity contribution >= 4 is 24.3 Å². The molecule has 0 N–H and O–H groups in total. The van der Waals surface area contributed by atoms with Gasteiger partial charge in [-0.2, -0.15) is 9.98 Å². The van der Waals surface area contributed by atoms with Gasteiger partial charge in [-0.25, -0.2) is 29.2 Å². The molecule has 1 atom stereocenters. The first-order valence-electron chi connectivity index (χ1n) is 8.50. The van der Waals surface area contributed by atoms with E-state index in [1.165, 1.54) is 12.2 Å². The SMILES string of the molecule is O=C=NC1CCC(C(N=C=O)C2CCC(N=C=O)(N=C=O)CC2)CC1. The third-order valence-corrected chi connectivity index (χ3v) is 5.48. The van der Waals surface area contributed by atoms with Gasteiger partial charge in [0, 0.05) is 0 Å². The van der Waals surface area contributed by atoms with Crippen LogP contribution in [0.25, 0.3) is 0 Å². The van der Waals surface area contributed by atoms with Crippen LogP contribution in [0, 0.1) is 11.8 Å². The standard InChI is InChI=1S/C17H20N4O4/c22-9-18-15-3-1-13(2-4-15)16(19-10-23)14-5-7-17(8-6-14,20-11-24)21-12-25/h13-16H,1-8H2. The Kier molecular flexibility index (Phi) is 6.88. The summed E-state index contributed by atoms with van der Waals surface area (Å²) in [6.07, 6.45) is 11.7. The van der Waals surface area contributed by atoms with E-state index in [-0.39, 0.29) is 23.9 Å². The van der Waals surface area contributed by atoms with Crippen LogP contribution in [0.4, 0.5) is 0 Å². The maximum absolute atomic E-state index is 10.9. The minimum Gasteiger partial charge on any atom is -0.211 e. The lowest BCUT2D eigenvalue weighted by Gasteiger charge is -2.38. The summed E-state index contributed by atoms with van der Waals surface area (Å²) in [5, 5.41) is 0. The molecule has 0 saturated heterocycles. The van der Waals surface area contributed by atoms with Gasteiger partial charge in [-0.1, -0.05) is 0 Å². The van der Waals surface area contributed by atoms with Crippen LogP contribution in [0.5, 0.6) is 0 Å². The highest BCUT2D eigenvalue weighted by molar-refractivity contribution is 5.39. The van der Waals surface area contributed by atoms with Gasteiger partial charge in [-0.3, -0.25) is 0 Å². The normalized spacial score (nSPS) is 32.7. The van der Waals surface area contributed by atoms with Gasteiger partial charge >= 0.3 is 0 Å². The lowest BCUT2D eigenvalue weighted by atomic mass is 9.71. The van der Waals surface area contributed by atoms with Crippen LogP contribution in [0.3, 0.4) is 0 Å². The van der Waals surface area contributed by atoms with Crippen LogP contribution in [0.2, 0.25) is 0 Å². The van der Waals surface area contributed by atoms with Gasteiger partial charge in [-0.05, 0) is 63.2 Å². The van der Waals surface area contributed by atoms with Gasteiger partial charge in [0.2, 0.25) is 24.3 Å². The first-order chi connectivity index (χ1) is 12.2. The highest BCUT2D eigenvalue weighted by Gasteiger charge is 2.40. The fourth-order valence-corrected chi connectivity index (χ4v) is 4.17. The van der Waals surface area contributed by atoms with Gasteiger partial charge in [0.25, 0.3) is 0 Å². The summed E-state index contributed by atoms with van der Waals surface area (Å²) < 4.78 is 0. The molecule has 2 saturated carbocycles. The first kappa shape index (κ1) is 18.9. The van der Waals surface area contributed by atoms with E-state index in [1.807, 2.05) is 0 Å². The van der Waals surface area contributed by atoms with Crippen LogP contribution in [-0.4, -0.2) is 42.1 Å². The molecular weight excluding hydrogens is 324 g/mol. The molecule has 2 fully saturated rings. The predicted octanol–water partition coefficient (Wildman–Crippen LogP) is 2.14. The number of hydrogen-bond donors (Lipinski definition) is 0. The molecule has 0 aromatic carbocycles. The average molecular weight is 344 g/mol. The molecule has 8 heteroatoms. The van der Waals surface area contributed by atoms with Gasteiger partial charge < -0.3 is 0 Å². The fourth-order valence-electron chi connectivity index (χ4n) is 4.17. The van der Waals surface area contributed by atoms with Gasteiger partial charge in [0.15, 0.2) is 5.66 Å². The Hall–Kier alpha value is -2.48. The highest BCUT2D eigenvalue weighted by atomic mass is 16.1. The van der Waals surface area contributed by atoms with Gasteiger partial charge in [-0.15, -0.1) is 0 Å². The molecule has 132 valence electrons. The number of hydrogen-bond acceptors (Lipinski definition) is 8. The van der Waals surface area contributed by atoms with Crippen molar-refractivity contribution in [1.82, 2.24) is 0 Å². The molecule has 0 aromatic heterocycles. The molecule has 0 radical (unpaired) electrons. The van der Waals surface area contributed by atoms with Crippen LogP contribution in [0.15, 0.2) is 20.0 Å². The van der Waals surface area contributed by atoms with Crippen LogP contribution < -0.4 is 0 Å². The molecule has 0 aromatic rings. The van der Waals surface area contributed by atoms with E-state index in [1.54, 1.807) is 12.2 Å². The Morgan fingerprint density at radius 2 is 1.28 bits per heavy atom. The Morgan fingerprint density at radius 3 is 1.76 bits per heavy atom. The highest BCUT2D eigenvalue weighted by Crippen LogP contribution is 2.42. The van der Waals surface area contributed by atoms with E-state index in [2.05, 4.69) is 20.0 Å². The van der Waals surface area contributed by atoms with Crippen LogP contribution in [-0.2, 0) is 19.2 Å². The minimum atomic E-state index is -1.06. The number of nitrogens with zero attached hydrogens (tertiary/aromatic N) is 4. The molecule has 0 bridgehead atoms. The molecule has 25 heavy (non-hydrogen) atoms. The lowest BCUT2D eigenvalue weighted by Crippen LogP contribution is -2.38. The number of rotatable bonds is 6. The summed E-state index contributed by atoms with van der Waals surface area (Å²) in [6.45, 7) is 0. The summed E-state index contributed by atoms with van der Waals surface area (Å²) >= 11 is 0. The summed E-state index contributed by atoms with van der Waals surface area (Å²) in [5.41, 5.74) is -1.06. The second-order valence-electron chi connectivity index (χ2n) is 6.73. The zero-order valence-corrected chi connectivity index (χ0v) is 13.9. The van der Waals surface area contributed by atoms with E-state index in [0.29, 0.717) is 25.7 Å². The molecule has 1 unspecified atom stereocenters. The lowest BCUT2D eigenvalue weighted by molar-refractivity contribution is 0.165. The van der Waals surface area contributed by atoms with E-state index in [0.717, 1.165) is 25.7 Å². The fraction of sp³-hybridized carbons (Fsp3) is 0.765. The van der Waals surface area contributed by atoms with Crippen LogP contribution >= 0.6 is 0 Å². The van der Waals surface area contributed by atoms with E-state index >= 15 is 0 Å². The smallest absolute Gasteiger partial charge is 0.211 e. The van der Waals surface area contributed by atoms with Crippen molar-refractivity contribution in [2.45, 2.75) is 69.1 Å². The van der Waals surface area contributed by atoms with E-state index < -0.39 is 5.66 Å². The largest absolute Gasteiger partial charge is 0.237 e. The van der Waals surface area contributed by atoms with Gasteiger partial charge in [0.1, 0.15) is 0 Å². The van der Waals surface area contributed by atoms with Crippen LogP contribution in [0.1, 0.15) is 51.4 Å². The van der Waals surface area contributed by atoms with E-state index in [4.69, 9.17) is 0 Å². The maximum atomic E-state index is 10.9. The zero-order chi connectivity index (χ0) is 18.1. The van der Waals surface area contributed by atoms with Crippen molar-refractivity contribution in [3.63, 3.8) is 0 Å². The number of isocyanates is 4. The molecule has 8 nitrogen and oxygen atoms in total. The summed E-state index contributed by atoms with van der Waals surface area (Å²) in [6, 6.07) is -0.144. The molecular formula is C17H20N4O4. The van der Waals surface area contributed by atoms with E-state index in [9.17, 15) is 19.2 Å². The molecule has 2 rings (SSSR count). The molecule has 2 aliphatic rings. The Labute approximate surface area is 145 Å². The number of carbonyl (C=O) groups excluding carboxylic acids is 4. The maximum Gasteiger partial charge on any atom is 0.237 e. The quantitative estimate of drug-likeness (QED) is 0.542. The Balaban J connectivity index is 2.05. The predicted molar refractivity (Wildman–Crippen MR) is 86.7 cm³/mol. The second-order valence-corrected chi connectivity index (χ2v) is 6.73. The Bertz CT molecular complexity index is 632. The summed E-state index contributed by atoms with van der Waals surface area (Å²) in [5.74, 6) is 0.385. The third kappa shape index (κ3) is 4.76. The summed E-state index contributed by atoms with van der Waals surface area (Å²) in [4.78, 5) is 57.7. The van der Waals surface area contributed by atoms with Crippen molar-refractivity contribution in [1.29, 1.82) is 0 Å². The van der Waals surface area contributed by atoms with Crippen molar-refractivity contribution in [2.24, 2.45) is 31.8 Å². The van der Waals surface area contributed by atoms with Crippen molar-refractivity contribution in [3.8, 4) is 0 Å².